The number of hydrogen-bond donors (Lipinski definition) is 1. The van der Waals surface area contributed by atoms with E-state index >= 15 is 0 Å². The summed E-state index contributed by atoms with van der Waals surface area (Å²) in [7, 11) is -3.08. The van der Waals surface area contributed by atoms with Crippen LogP contribution >= 0.6 is 0 Å². The monoisotopic (exact) mass is 372 g/mol. The Morgan fingerprint density at radius 2 is 1.72 bits per heavy atom. The summed E-state index contributed by atoms with van der Waals surface area (Å²) in [5.41, 5.74) is -0.409. The second kappa shape index (κ2) is 6.70. The number of anilines is 1. The molecule has 2 heterocycles. The van der Waals surface area contributed by atoms with Gasteiger partial charge in [0.05, 0.1) is 11.5 Å². The van der Waals surface area contributed by atoms with Gasteiger partial charge >= 0.3 is 0 Å². The molecule has 25 heavy (non-hydrogen) atoms. The van der Waals surface area contributed by atoms with Gasteiger partial charge < -0.3 is 10.2 Å². The van der Waals surface area contributed by atoms with Crippen LogP contribution in [0.1, 0.15) is 19.3 Å². The van der Waals surface area contributed by atoms with Gasteiger partial charge in [0.2, 0.25) is 11.8 Å². The Balaban J connectivity index is 1.66. The smallest absolute Gasteiger partial charge is 0.249 e. The van der Waals surface area contributed by atoms with Crippen molar-refractivity contribution in [1.29, 1.82) is 0 Å². The van der Waals surface area contributed by atoms with Crippen LogP contribution in [0.25, 0.3) is 0 Å². The van der Waals surface area contributed by atoms with Crippen LogP contribution in [0.4, 0.5) is 14.5 Å². The van der Waals surface area contributed by atoms with E-state index in [1.165, 1.54) is 6.07 Å². The van der Waals surface area contributed by atoms with Gasteiger partial charge in [-0.05, 0) is 31.4 Å². The van der Waals surface area contributed by atoms with E-state index in [-0.39, 0.29) is 43.2 Å². The van der Waals surface area contributed by atoms with Crippen LogP contribution in [-0.4, -0.2) is 44.3 Å². The van der Waals surface area contributed by atoms with Gasteiger partial charge in [-0.25, -0.2) is 17.2 Å². The lowest BCUT2D eigenvalue weighted by Gasteiger charge is -2.23. The maximum Gasteiger partial charge on any atom is 0.249 e. The van der Waals surface area contributed by atoms with Gasteiger partial charge in [-0.2, -0.15) is 0 Å². The lowest BCUT2D eigenvalue weighted by atomic mass is 10.0. The molecule has 0 saturated carbocycles. The van der Waals surface area contributed by atoms with E-state index in [1.807, 2.05) is 0 Å². The summed E-state index contributed by atoms with van der Waals surface area (Å²) in [6, 6.07) is 2.50. The summed E-state index contributed by atoms with van der Waals surface area (Å²) in [5.74, 6) is -3.18. The Bertz CT molecular complexity index is 778. The number of nitrogens with one attached hydrogen (secondary N) is 1. The molecule has 6 nitrogen and oxygen atoms in total. The third-order valence-corrected chi connectivity index (χ3v) is 6.37. The molecule has 2 amide bonds. The first-order valence-corrected chi connectivity index (χ1v) is 9.87. The molecule has 1 unspecified atom stereocenters. The molecule has 2 fully saturated rings. The summed E-state index contributed by atoms with van der Waals surface area (Å²) in [5, 5.41) is 2.59. The lowest BCUT2D eigenvalue weighted by Crippen LogP contribution is -2.45. The molecule has 0 aromatic heterocycles. The van der Waals surface area contributed by atoms with Crippen LogP contribution in [0.3, 0.4) is 0 Å². The highest BCUT2D eigenvalue weighted by molar-refractivity contribution is 7.91. The molecule has 2 aliphatic rings. The van der Waals surface area contributed by atoms with Crippen LogP contribution in [0.15, 0.2) is 18.2 Å². The molecule has 2 saturated heterocycles. The van der Waals surface area contributed by atoms with Crippen molar-refractivity contribution in [3.8, 4) is 0 Å². The fraction of sp³-hybridized carbons (Fsp3) is 0.500. The zero-order chi connectivity index (χ0) is 18.2. The number of sulfone groups is 1. The SMILES string of the molecule is O=C(NC1CCN(c2c(F)cccc2F)C1=O)C1CCS(=O)(=O)CC1. The standard InChI is InChI=1S/C16H18F2N2O4S/c17-11-2-1-3-12(18)14(11)20-7-4-13(16(20)22)19-15(21)10-5-8-25(23,24)9-6-10/h1-3,10,13H,4-9H2,(H,19,21). The van der Waals surface area contributed by atoms with Crippen LogP contribution in [0.2, 0.25) is 0 Å². The summed E-state index contributed by atoms with van der Waals surface area (Å²) in [6.07, 6.45) is 0.685. The number of benzene rings is 1. The normalized spacial score (nSPS) is 23.7. The van der Waals surface area contributed by atoms with Gasteiger partial charge in [-0.1, -0.05) is 6.07 Å². The van der Waals surface area contributed by atoms with E-state index in [0.717, 1.165) is 17.0 Å². The number of para-hydroxylation sites is 1. The number of rotatable bonds is 3. The highest BCUT2D eigenvalue weighted by Gasteiger charge is 2.38. The first-order chi connectivity index (χ1) is 11.8. The van der Waals surface area contributed by atoms with Crippen molar-refractivity contribution in [2.24, 2.45) is 5.92 Å². The second-order valence-electron chi connectivity index (χ2n) is 6.34. The molecular weight excluding hydrogens is 354 g/mol. The zero-order valence-corrected chi connectivity index (χ0v) is 14.2. The van der Waals surface area contributed by atoms with E-state index in [2.05, 4.69) is 5.32 Å². The van der Waals surface area contributed by atoms with Crippen molar-refractivity contribution in [2.75, 3.05) is 23.0 Å². The van der Waals surface area contributed by atoms with Crippen molar-refractivity contribution in [3.63, 3.8) is 0 Å². The fourth-order valence-corrected chi connectivity index (χ4v) is 4.72. The van der Waals surface area contributed by atoms with Crippen molar-refractivity contribution in [3.05, 3.63) is 29.8 Å². The van der Waals surface area contributed by atoms with Gasteiger partial charge in [0.15, 0.2) is 0 Å². The molecular formula is C16H18F2N2O4S. The number of nitrogens with zero attached hydrogens (tertiary/aromatic N) is 1. The second-order valence-corrected chi connectivity index (χ2v) is 8.64. The predicted octanol–water partition coefficient (Wildman–Crippen LogP) is 1.01. The Labute approximate surface area is 144 Å². The quantitative estimate of drug-likeness (QED) is 0.858. The van der Waals surface area contributed by atoms with Gasteiger partial charge in [-0.3, -0.25) is 9.59 Å². The van der Waals surface area contributed by atoms with Crippen LogP contribution < -0.4 is 10.2 Å². The molecule has 1 aromatic rings. The van der Waals surface area contributed by atoms with E-state index in [1.54, 1.807) is 0 Å². The highest BCUT2D eigenvalue weighted by atomic mass is 32.2. The average Bonchev–Trinajstić information content (AvgIpc) is 2.88. The average molecular weight is 372 g/mol. The maximum absolute atomic E-state index is 13.9. The van der Waals surface area contributed by atoms with Crippen LogP contribution in [0, 0.1) is 17.6 Å². The van der Waals surface area contributed by atoms with E-state index in [9.17, 15) is 26.8 Å². The number of hydrogen-bond acceptors (Lipinski definition) is 4. The molecule has 0 bridgehead atoms. The largest absolute Gasteiger partial charge is 0.344 e. The molecule has 1 aromatic carbocycles. The Morgan fingerprint density at radius 3 is 2.32 bits per heavy atom. The van der Waals surface area contributed by atoms with Crippen LogP contribution in [0.5, 0.6) is 0 Å². The predicted molar refractivity (Wildman–Crippen MR) is 86.6 cm³/mol. The molecule has 1 N–H and O–H groups in total. The van der Waals surface area contributed by atoms with Crippen molar-refractivity contribution >= 4 is 27.3 Å². The Hall–Kier alpha value is -2.03. The maximum atomic E-state index is 13.9. The van der Waals surface area contributed by atoms with Crippen LogP contribution in [-0.2, 0) is 19.4 Å². The molecule has 0 aliphatic carbocycles. The molecule has 1 atom stereocenters. The summed E-state index contributed by atoms with van der Waals surface area (Å²) in [6.45, 7) is 0.0979. The highest BCUT2D eigenvalue weighted by Crippen LogP contribution is 2.28. The fourth-order valence-electron chi connectivity index (χ4n) is 3.22. The first kappa shape index (κ1) is 17.8. The van der Waals surface area contributed by atoms with Gasteiger partial charge in [0, 0.05) is 12.5 Å². The van der Waals surface area contributed by atoms with Crippen molar-refractivity contribution in [1.82, 2.24) is 5.32 Å². The van der Waals surface area contributed by atoms with Gasteiger partial charge in [-0.15, -0.1) is 0 Å². The molecule has 0 radical (unpaired) electrons. The first-order valence-electron chi connectivity index (χ1n) is 8.05. The lowest BCUT2D eigenvalue weighted by molar-refractivity contribution is -0.129. The summed E-state index contributed by atoms with van der Waals surface area (Å²) < 4.78 is 50.5. The number of carbonyl (C=O) groups is 2. The molecule has 3 rings (SSSR count). The van der Waals surface area contributed by atoms with Gasteiger partial charge in [0.25, 0.3) is 0 Å². The minimum atomic E-state index is -3.08. The third-order valence-electron chi connectivity index (χ3n) is 4.65. The molecule has 136 valence electrons. The number of halogens is 2. The summed E-state index contributed by atoms with van der Waals surface area (Å²) in [4.78, 5) is 25.7. The zero-order valence-electron chi connectivity index (χ0n) is 13.4. The van der Waals surface area contributed by atoms with Crippen molar-refractivity contribution in [2.45, 2.75) is 25.3 Å². The van der Waals surface area contributed by atoms with E-state index < -0.39 is 45.0 Å². The third kappa shape index (κ3) is 3.65. The molecule has 2 aliphatic heterocycles. The molecule has 9 heteroatoms. The van der Waals surface area contributed by atoms with Gasteiger partial charge in [0.1, 0.15) is 33.2 Å². The minimum absolute atomic E-state index is 0.0454. The molecule has 0 spiro atoms. The van der Waals surface area contributed by atoms with E-state index in [4.69, 9.17) is 0 Å². The summed E-state index contributed by atoms with van der Waals surface area (Å²) >= 11 is 0. The minimum Gasteiger partial charge on any atom is -0.344 e. The number of carbonyl (C=O) groups excluding carboxylic acids is 2. The number of amides is 2. The van der Waals surface area contributed by atoms with Crippen molar-refractivity contribution < 1.29 is 26.8 Å². The Morgan fingerprint density at radius 1 is 1.12 bits per heavy atom. The topological polar surface area (TPSA) is 83.6 Å². The Kier molecular flexibility index (Phi) is 4.77. The van der Waals surface area contributed by atoms with E-state index in [0.29, 0.717) is 0 Å².